The monoisotopic (exact) mass is 380 g/mol. The molecule has 0 aliphatic rings. The van der Waals surface area contributed by atoms with Gasteiger partial charge in [0.1, 0.15) is 24.3 Å². The molecule has 1 aromatic carbocycles. The van der Waals surface area contributed by atoms with Gasteiger partial charge >= 0.3 is 12.1 Å². The minimum atomic E-state index is -1.27. The zero-order chi connectivity index (χ0) is 20.6. The second kappa shape index (κ2) is 9.91. The Kier molecular flexibility index (Phi) is 8.24. The first kappa shape index (κ1) is 22.4. The first-order chi connectivity index (χ1) is 12.5. The number of hydrogen-bond donors (Lipinski definition) is 3. The first-order valence-electron chi connectivity index (χ1n) is 8.68. The largest absolute Gasteiger partial charge is 0.459 e. The van der Waals surface area contributed by atoms with Crippen molar-refractivity contribution >= 4 is 18.0 Å². The van der Waals surface area contributed by atoms with Crippen LogP contribution in [0.5, 0.6) is 0 Å². The van der Waals surface area contributed by atoms with Gasteiger partial charge in [0.05, 0.1) is 6.10 Å². The maximum absolute atomic E-state index is 12.3. The molecule has 3 atom stereocenters. The zero-order valence-corrected chi connectivity index (χ0v) is 16.3. The summed E-state index contributed by atoms with van der Waals surface area (Å²) in [7, 11) is 0. The minimum Gasteiger partial charge on any atom is -0.459 e. The predicted octanol–water partition coefficient (Wildman–Crippen LogP) is 1.51. The highest BCUT2D eigenvalue weighted by Crippen LogP contribution is 2.08. The van der Waals surface area contributed by atoms with Crippen molar-refractivity contribution in [1.29, 1.82) is 0 Å². The molecular weight excluding hydrogens is 352 g/mol. The van der Waals surface area contributed by atoms with Crippen LogP contribution < -0.4 is 10.6 Å². The minimum absolute atomic E-state index is 0.0792. The summed E-state index contributed by atoms with van der Waals surface area (Å²) in [6, 6.07) is 6.89. The Hall–Kier alpha value is -2.61. The Bertz CT molecular complexity index is 639. The van der Waals surface area contributed by atoms with E-state index in [-0.39, 0.29) is 6.61 Å². The SMILES string of the molecule is CC(NC(=O)C(NC(=O)OC(C)(C)C)C(C)O)C(=O)OCc1ccccc1. The van der Waals surface area contributed by atoms with Crippen molar-refractivity contribution in [3.8, 4) is 0 Å². The van der Waals surface area contributed by atoms with Crippen LogP contribution in [0.1, 0.15) is 40.2 Å². The number of rotatable bonds is 7. The Morgan fingerprint density at radius 1 is 1.07 bits per heavy atom. The molecule has 27 heavy (non-hydrogen) atoms. The third-order valence-corrected chi connectivity index (χ3v) is 3.37. The standard InChI is InChI=1S/C19H28N2O6/c1-12(17(24)26-11-14-9-7-6-8-10-14)20-16(23)15(13(2)22)21-18(25)27-19(3,4)5/h6-10,12-13,15,22H,11H2,1-5H3,(H,20,23)(H,21,25). The van der Waals surface area contributed by atoms with Gasteiger partial charge < -0.3 is 25.2 Å². The topological polar surface area (TPSA) is 114 Å². The molecule has 3 unspecified atom stereocenters. The van der Waals surface area contributed by atoms with Crippen LogP contribution in [-0.4, -0.2) is 46.9 Å². The number of aliphatic hydroxyl groups excluding tert-OH is 1. The summed E-state index contributed by atoms with van der Waals surface area (Å²) in [4.78, 5) is 36.2. The lowest BCUT2D eigenvalue weighted by atomic mass is 10.1. The smallest absolute Gasteiger partial charge is 0.408 e. The molecule has 0 saturated heterocycles. The van der Waals surface area contributed by atoms with E-state index in [1.165, 1.54) is 13.8 Å². The van der Waals surface area contributed by atoms with Gasteiger partial charge in [-0.15, -0.1) is 0 Å². The average molecular weight is 380 g/mol. The predicted molar refractivity (Wildman–Crippen MR) is 98.7 cm³/mol. The normalized spacial score (nSPS) is 14.4. The van der Waals surface area contributed by atoms with Crippen molar-refractivity contribution < 1.29 is 29.0 Å². The molecule has 8 heteroatoms. The Balaban J connectivity index is 2.58. The highest BCUT2D eigenvalue weighted by molar-refractivity contribution is 5.89. The van der Waals surface area contributed by atoms with Crippen LogP contribution in [0.3, 0.4) is 0 Å². The summed E-state index contributed by atoms with van der Waals surface area (Å²) >= 11 is 0. The van der Waals surface area contributed by atoms with Crippen molar-refractivity contribution in [3.05, 3.63) is 35.9 Å². The summed E-state index contributed by atoms with van der Waals surface area (Å²) in [5, 5.41) is 14.5. The fraction of sp³-hybridized carbons (Fsp3) is 0.526. The number of alkyl carbamates (subject to hydrolysis) is 1. The van der Waals surface area contributed by atoms with E-state index < -0.39 is 41.8 Å². The van der Waals surface area contributed by atoms with Crippen LogP contribution in [-0.2, 0) is 25.7 Å². The van der Waals surface area contributed by atoms with Gasteiger partial charge in [-0.1, -0.05) is 30.3 Å². The number of aliphatic hydroxyl groups is 1. The van der Waals surface area contributed by atoms with E-state index in [1.807, 2.05) is 30.3 Å². The van der Waals surface area contributed by atoms with Crippen LogP contribution in [0.4, 0.5) is 4.79 Å². The number of carbonyl (C=O) groups is 3. The van der Waals surface area contributed by atoms with Gasteiger partial charge in [-0.2, -0.15) is 0 Å². The van der Waals surface area contributed by atoms with E-state index in [9.17, 15) is 19.5 Å². The number of esters is 1. The molecule has 1 rings (SSSR count). The number of ether oxygens (including phenoxy) is 2. The number of benzene rings is 1. The van der Waals surface area contributed by atoms with E-state index in [0.717, 1.165) is 5.56 Å². The van der Waals surface area contributed by atoms with Crippen LogP contribution in [0.2, 0.25) is 0 Å². The maximum Gasteiger partial charge on any atom is 0.408 e. The fourth-order valence-corrected chi connectivity index (χ4v) is 2.06. The third-order valence-electron chi connectivity index (χ3n) is 3.37. The molecule has 0 spiro atoms. The molecule has 1 aromatic rings. The van der Waals surface area contributed by atoms with Gasteiger partial charge in [-0.25, -0.2) is 9.59 Å². The second-order valence-electron chi connectivity index (χ2n) is 7.19. The van der Waals surface area contributed by atoms with Crippen molar-refractivity contribution in [2.75, 3.05) is 0 Å². The lowest BCUT2D eigenvalue weighted by Gasteiger charge is -2.25. The van der Waals surface area contributed by atoms with Crippen LogP contribution >= 0.6 is 0 Å². The van der Waals surface area contributed by atoms with Crippen LogP contribution in [0.15, 0.2) is 30.3 Å². The second-order valence-corrected chi connectivity index (χ2v) is 7.19. The molecule has 3 N–H and O–H groups in total. The van der Waals surface area contributed by atoms with Crippen molar-refractivity contribution in [2.24, 2.45) is 0 Å². The Labute approximate surface area is 159 Å². The lowest BCUT2D eigenvalue weighted by Crippen LogP contribution is -2.55. The van der Waals surface area contributed by atoms with Gasteiger partial charge in [0.25, 0.3) is 0 Å². The molecular formula is C19H28N2O6. The van der Waals surface area contributed by atoms with Crippen molar-refractivity contribution in [3.63, 3.8) is 0 Å². The van der Waals surface area contributed by atoms with Gasteiger partial charge in [-0.05, 0) is 40.2 Å². The van der Waals surface area contributed by atoms with E-state index >= 15 is 0 Å². The lowest BCUT2D eigenvalue weighted by molar-refractivity contribution is -0.149. The Morgan fingerprint density at radius 3 is 2.19 bits per heavy atom. The molecule has 0 aliphatic heterocycles. The molecule has 0 aliphatic carbocycles. The Morgan fingerprint density at radius 2 is 1.67 bits per heavy atom. The molecule has 150 valence electrons. The zero-order valence-electron chi connectivity index (χ0n) is 16.3. The first-order valence-corrected chi connectivity index (χ1v) is 8.68. The number of hydrogen-bond acceptors (Lipinski definition) is 6. The average Bonchev–Trinajstić information content (AvgIpc) is 2.56. The van der Waals surface area contributed by atoms with Crippen LogP contribution in [0.25, 0.3) is 0 Å². The van der Waals surface area contributed by atoms with Crippen molar-refractivity contribution in [1.82, 2.24) is 10.6 Å². The summed E-state index contributed by atoms with van der Waals surface area (Å²) in [5.41, 5.74) is 0.0658. The highest BCUT2D eigenvalue weighted by atomic mass is 16.6. The van der Waals surface area contributed by atoms with E-state index in [2.05, 4.69) is 10.6 Å². The number of amides is 2. The summed E-state index contributed by atoms with van der Waals surface area (Å²) < 4.78 is 10.2. The number of nitrogens with one attached hydrogen (secondary N) is 2. The van der Waals surface area contributed by atoms with Gasteiger partial charge in [0.15, 0.2) is 0 Å². The van der Waals surface area contributed by atoms with Gasteiger partial charge in [0, 0.05) is 0 Å². The highest BCUT2D eigenvalue weighted by Gasteiger charge is 2.30. The summed E-state index contributed by atoms with van der Waals surface area (Å²) in [6.07, 6.45) is -2.03. The molecule has 0 aromatic heterocycles. The van der Waals surface area contributed by atoms with E-state index in [0.29, 0.717) is 0 Å². The van der Waals surface area contributed by atoms with E-state index in [1.54, 1.807) is 20.8 Å². The summed E-state index contributed by atoms with van der Waals surface area (Å²) in [5.74, 6) is -1.35. The quantitative estimate of drug-likeness (QED) is 0.618. The molecule has 0 bridgehead atoms. The molecule has 8 nitrogen and oxygen atoms in total. The molecule has 2 amide bonds. The molecule has 0 heterocycles. The fourth-order valence-electron chi connectivity index (χ4n) is 2.06. The van der Waals surface area contributed by atoms with Crippen molar-refractivity contribution in [2.45, 2.75) is 65.0 Å². The van der Waals surface area contributed by atoms with Crippen LogP contribution in [0, 0.1) is 0 Å². The van der Waals surface area contributed by atoms with Gasteiger partial charge in [-0.3, -0.25) is 4.79 Å². The number of carbonyl (C=O) groups excluding carboxylic acids is 3. The molecule has 0 radical (unpaired) electrons. The van der Waals surface area contributed by atoms with Gasteiger partial charge in [0.2, 0.25) is 5.91 Å². The third kappa shape index (κ3) is 8.54. The molecule has 0 saturated carbocycles. The maximum atomic E-state index is 12.3. The molecule has 0 fully saturated rings. The summed E-state index contributed by atoms with van der Waals surface area (Å²) in [6.45, 7) is 7.91. The van der Waals surface area contributed by atoms with E-state index in [4.69, 9.17) is 9.47 Å².